The lowest BCUT2D eigenvalue weighted by Crippen LogP contribution is -2.29. The number of thiazole rings is 1. The van der Waals surface area contributed by atoms with Crippen molar-refractivity contribution in [3.63, 3.8) is 0 Å². The van der Waals surface area contributed by atoms with Gasteiger partial charge in [-0.25, -0.2) is 4.98 Å². The second-order valence-corrected chi connectivity index (χ2v) is 8.68. The zero-order valence-corrected chi connectivity index (χ0v) is 17.6. The number of hydrogen-bond acceptors (Lipinski definition) is 4. The van der Waals surface area contributed by atoms with E-state index in [2.05, 4.69) is 31.3 Å². The Kier molecular flexibility index (Phi) is 5.62. The van der Waals surface area contributed by atoms with E-state index >= 15 is 0 Å². The summed E-state index contributed by atoms with van der Waals surface area (Å²) in [7, 11) is 0. The lowest BCUT2D eigenvalue weighted by molar-refractivity contribution is -0.128. The summed E-state index contributed by atoms with van der Waals surface area (Å²) in [5.41, 5.74) is 4.01. The molecule has 2 amide bonds. The van der Waals surface area contributed by atoms with E-state index in [1.165, 1.54) is 10.3 Å². The van der Waals surface area contributed by atoms with Crippen molar-refractivity contribution in [2.45, 2.75) is 33.1 Å². The molecule has 0 spiro atoms. The highest BCUT2D eigenvalue weighted by Gasteiger charge is 2.33. The third-order valence-corrected chi connectivity index (χ3v) is 6.38. The predicted octanol–water partition coefficient (Wildman–Crippen LogP) is 4.86. The predicted molar refractivity (Wildman–Crippen MR) is 118 cm³/mol. The first kappa shape index (κ1) is 19.6. The van der Waals surface area contributed by atoms with Gasteiger partial charge < -0.3 is 10.2 Å². The first-order valence-electron chi connectivity index (χ1n) is 10.1. The average molecular weight is 408 g/mol. The topological polar surface area (TPSA) is 62.3 Å². The van der Waals surface area contributed by atoms with Gasteiger partial charge in [0.15, 0.2) is 0 Å². The second-order valence-electron chi connectivity index (χ2n) is 7.65. The number of likely N-dealkylation sites (tertiary alicyclic amines) is 1. The number of aromatic nitrogens is 1. The third kappa shape index (κ3) is 4.32. The summed E-state index contributed by atoms with van der Waals surface area (Å²) in [4.78, 5) is 31.2. The van der Waals surface area contributed by atoms with Gasteiger partial charge >= 0.3 is 0 Å². The number of unbranched alkanes of at least 4 members (excludes halogenated alkanes) is 1. The number of carbonyl (C=O) groups excluding carboxylic acids is 2. The summed E-state index contributed by atoms with van der Waals surface area (Å²) in [6, 6.07) is 14.0. The van der Waals surface area contributed by atoms with Crippen LogP contribution >= 0.6 is 11.3 Å². The minimum atomic E-state index is -0.272. The molecule has 1 saturated heterocycles. The molecule has 4 rings (SSSR count). The molecule has 1 atom stereocenters. The maximum atomic E-state index is 12.6. The molecule has 6 heteroatoms. The molecule has 3 aromatic rings. The maximum absolute atomic E-state index is 12.6. The quantitative estimate of drug-likeness (QED) is 0.635. The van der Waals surface area contributed by atoms with Crippen LogP contribution in [-0.4, -0.2) is 34.8 Å². The standard InChI is InChI=1S/C23H25N3O2S/c1-3-4-11-26-14-17(13-21(26)27)22(28)24-18-8-6-16(7-9-18)23-25-19-10-5-15(2)12-20(19)29-23/h5-10,12,17H,3-4,11,13-14H2,1-2H3,(H,24,28)/t17-/m0/s1. The van der Waals surface area contributed by atoms with E-state index in [0.717, 1.165) is 41.2 Å². The van der Waals surface area contributed by atoms with Crippen LogP contribution in [0.15, 0.2) is 42.5 Å². The average Bonchev–Trinajstić information content (AvgIpc) is 3.30. The van der Waals surface area contributed by atoms with Gasteiger partial charge in [-0.05, 0) is 55.3 Å². The molecule has 1 N–H and O–H groups in total. The van der Waals surface area contributed by atoms with Crippen molar-refractivity contribution in [2.75, 3.05) is 18.4 Å². The number of anilines is 1. The van der Waals surface area contributed by atoms with Crippen molar-refractivity contribution >= 4 is 39.1 Å². The summed E-state index contributed by atoms with van der Waals surface area (Å²) in [5.74, 6) is -0.271. The third-order valence-electron chi connectivity index (χ3n) is 5.31. The maximum Gasteiger partial charge on any atom is 0.229 e. The van der Waals surface area contributed by atoms with Crippen LogP contribution in [0, 0.1) is 12.8 Å². The molecule has 1 fully saturated rings. The first-order chi connectivity index (χ1) is 14.0. The molecule has 0 bridgehead atoms. The van der Waals surface area contributed by atoms with Crippen LogP contribution in [-0.2, 0) is 9.59 Å². The van der Waals surface area contributed by atoms with Crippen molar-refractivity contribution in [1.29, 1.82) is 0 Å². The molecule has 2 heterocycles. The number of aryl methyl sites for hydroxylation is 1. The lowest BCUT2D eigenvalue weighted by atomic mass is 10.1. The van der Waals surface area contributed by atoms with E-state index in [4.69, 9.17) is 4.98 Å². The number of hydrogen-bond donors (Lipinski definition) is 1. The highest BCUT2D eigenvalue weighted by atomic mass is 32.1. The molecule has 5 nitrogen and oxygen atoms in total. The van der Waals surface area contributed by atoms with Gasteiger partial charge in [-0.1, -0.05) is 19.4 Å². The van der Waals surface area contributed by atoms with Gasteiger partial charge in [0, 0.05) is 30.8 Å². The minimum absolute atomic E-state index is 0.0828. The van der Waals surface area contributed by atoms with Crippen molar-refractivity contribution in [1.82, 2.24) is 9.88 Å². The summed E-state index contributed by atoms with van der Waals surface area (Å²) >= 11 is 1.67. The van der Waals surface area contributed by atoms with E-state index in [1.807, 2.05) is 35.2 Å². The monoisotopic (exact) mass is 407 g/mol. The Bertz CT molecular complexity index is 1040. The van der Waals surface area contributed by atoms with Gasteiger partial charge in [-0.15, -0.1) is 11.3 Å². The van der Waals surface area contributed by atoms with Crippen LogP contribution < -0.4 is 5.32 Å². The van der Waals surface area contributed by atoms with Gasteiger partial charge in [0.05, 0.1) is 16.1 Å². The zero-order chi connectivity index (χ0) is 20.4. The Morgan fingerprint density at radius 3 is 2.79 bits per heavy atom. The van der Waals surface area contributed by atoms with E-state index in [1.54, 1.807) is 11.3 Å². The number of benzene rings is 2. The van der Waals surface area contributed by atoms with E-state index in [9.17, 15) is 9.59 Å². The number of fused-ring (bicyclic) bond motifs is 1. The zero-order valence-electron chi connectivity index (χ0n) is 16.8. The molecule has 0 saturated carbocycles. The Hall–Kier alpha value is -2.73. The van der Waals surface area contributed by atoms with Crippen molar-refractivity contribution in [2.24, 2.45) is 5.92 Å². The molecule has 1 aliphatic heterocycles. The van der Waals surface area contributed by atoms with Gasteiger partial charge in [0.25, 0.3) is 0 Å². The molecule has 1 aromatic heterocycles. The molecule has 2 aromatic carbocycles. The first-order valence-corrected chi connectivity index (χ1v) is 10.9. The van der Waals surface area contributed by atoms with Gasteiger partial charge in [0.2, 0.25) is 11.8 Å². The van der Waals surface area contributed by atoms with Crippen LogP contribution in [0.25, 0.3) is 20.8 Å². The summed E-state index contributed by atoms with van der Waals surface area (Å²) in [6.07, 6.45) is 2.33. The molecule has 1 aliphatic rings. The fraction of sp³-hybridized carbons (Fsp3) is 0.348. The number of amides is 2. The number of carbonyl (C=O) groups is 2. The van der Waals surface area contributed by atoms with Crippen molar-refractivity contribution in [3.8, 4) is 10.6 Å². The second kappa shape index (κ2) is 8.33. The Morgan fingerprint density at radius 1 is 1.24 bits per heavy atom. The van der Waals surface area contributed by atoms with Gasteiger partial charge in [0.1, 0.15) is 5.01 Å². The van der Waals surface area contributed by atoms with Gasteiger partial charge in [-0.2, -0.15) is 0 Å². The van der Waals surface area contributed by atoms with E-state index < -0.39 is 0 Å². The van der Waals surface area contributed by atoms with Crippen LogP contribution in [0.4, 0.5) is 5.69 Å². The molecule has 0 unspecified atom stereocenters. The van der Waals surface area contributed by atoms with Crippen molar-refractivity contribution in [3.05, 3.63) is 48.0 Å². The number of nitrogens with one attached hydrogen (secondary N) is 1. The smallest absolute Gasteiger partial charge is 0.229 e. The minimum Gasteiger partial charge on any atom is -0.342 e. The van der Waals surface area contributed by atoms with Crippen LogP contribution in [0.3, 0.4) is 0 Å². The molecule has 0 aliphatic carbocycles. The van der Waals surface area contributed by atoms with Crippen molar-refractivity contribution < 1.29 is 9.59 Å². The highest BCUT2D eigenvalue weighted by molar-refractivity contribution is 7.21. The SMILES string of the molecule is CCCCN1C[C@@H](C(=O)Nc2ccc(-c3nc4ccc(C)cc4s3)cc2)CC1=O. The Labute approximate surface area is 174 Å². The van der Waals surface area contributed by atoms with Crippen LogP contribution in [0.2, 0.25) is 0 Å². The molecule has 150 valence electrons. The van der Waals surface area contributed by atoms with Crippen LogP contribution in [0.1, 0.15) is 31.7 Å². The Balaban J connectivity index is 1.41. The molecular weight excluding hydrogens is 382 g/mol. The largest absolute Gasteiger partial charge is 0.342 e. The number of rotatable bonds is 6. The molecule has 29 heavy (non-hydrogen) atoms. The summed E-state index contributed by atoms with van der Waals surface area (Å²) in [6.45, 7) is 5.45. The lowest BCUT2D eigenvalue weighted by Gasteiger charge is -2.16. The number of nitrogens with zero attached hydrogens (tertiary/aromatic N) is 2. The highest BCUT2D eigenvalue weighted by Crippen LogP contribution is 2.31. The Morgan fingerprint density at radius 2 is 2.03 bits per heavy atom. The van der Waals surface area contributed by atoms with E-state index in [0.29, 0.717) is 13.0 Å². The fourth-order valence-electron chi connectivity index (χ4n) is 3.61. The normalized spacial score (nSPS) is 16.6. The van der Waals surface area contributed by atoms with E-state index in [-0.39, 0.29) is 17.7 Å². The van der Waals surface area contributed by atoms with Gasteiger partial charge in [-0.3, -0.25) is 9.59 Å². The molecular formula is C23H25N3O2S. The van der Waals surface area contributed by atoms with Crippen LogP contribution in [0.5, 0.6) is 0 Å². The summed E-state index contributed by atoms with van der Waals surface area (Å²) in [5, 5.41) is 3.93. The molecule has 0 radical (unpaired) electrons. The summed E-state index contributed by atoms with van der Waals surface area (Å²) < 4.78 is 1.18. The fourth-order valence-corrected chi connectivity index (χ4v) is 4.68.